The summed E-state index contributed by atoms with van der Waals surface area (Å²) in [5.74, 6) is 0. The molecule has 0 radical (unpaired) electrons. The minimum absolute atomic E-state index is 0.581. The van der Waals surface area contributed by atoms with Gasteiger partial charge in [-0.3, -0.25) is 0 Å². The first-order chi connectivity index (χ1) is 7.18. The first-order valence-electron chi connectivity index (χ1n) is 4.38. The van der Waals surface area contributed by atoms with Crippen molar-refractivity contribution in [3.05, 3.63) is 57.0 Å². The van der Waals surface area contributed by atoms with Gasteiger partial charge in [0.05, 0.1) is 10.0 Å². The van der Waals surface area contributed by atoms with Crippen LogP contribution in [0.1, 0.15) is 0 Å². The maximum absolute atomic E-state index is 6.12. The summed E-state index contributed by atoms with van der Waals surface area (Å²) >= 11 is 15.5. The monoisotopic (exact) mass is 300 g/mol. The first kappa shape index (κ1) is 11.0. The van der Waals surface area contributed by atoms with Crippen LogP contribution < -0.4 is 0 Å². The van der Waals surface area contributed by atoms with Crippen LogP contribution in [0.2, 0.25) is 10.0 Å². The standard InChI is InChI=1S/C12H7BrCl2/c13-9-6-4-8(5-7-9)10-2-1-3-11(14)12(10)15/h1-7H. The van der Waals surface area contributed by atoms with E-state index >= 15 is 0 Å². The van der Waals surface area contributed by atoms with Gasteiger partial charge in [-0.2, -0.15) is 0 Å². The molecule has 2 rings (SSSR count). The minimum Gasteiger partial charge on any atom is -0.0827 e. The summed E-state index contributed by atoms with van der Waals surface area (Å²) in [5.41, 5.74) is 2.02. The van der Waals surface area contributed by atoms with Gasteiger partial charge in [-0.1, -0.05) is 63.4 Å². The Morgan fingerprint density at radius 2 is 1.53 bits per heavy atom. The molecule has 15 heavy (non-hydrogen) atoms. The lowest BCUT2D eigenvalue weighted by Crippen LogP contribution is -1.79. The lowest BCUT2D eigenvalue weighted by molar-refractivity contribution is 1.59. The maximum Gasteiger partial charge on any atom is 0.0670 e. The summed E-state index contributed by atoms with van der Waals surface area (Å²) in [4.78, 5) is 0. The Morgan fingerprint density at radius 1 is 0.867 bits per heavy atom. The molecular formula is C12H7BrCl2. The average molecular weight is 302 g/mol. The number of halogens is 3. The van der Waals surface area contributed by atoms with Crippen molar-refractivity contribution in [1.82, 2.24) is 0 Å². The normalized spacial score (nSPS) is 10.3. The number of rotatable bonds is 1. The lowest BCUT2D eigenvalue weighted by Gasteiger charge is -2.05. The van der Waals surface area contributed by atoms with Crippen LogP contribution in [0.5, 0.6) is 0 Å². The predicted octanol–water partition coefficient (Wildman–Crippen LogP) is 5.42. The average Bonchev–Trinajstić information content (AvgIpc) is 2.24. The summed E-state index contributed by atoms with van der Waals surface area (Å²) < 4.78 is 1.05. The Morgan fingerprint density at radius 3 is 2.20 bits per heavy atom. The highest BCUT2D eigenvalue weighted by Gasteiger charge is 2.05. The Kier molecular flexibility index (Phi) is 3.35. The third-order valence-electron chi connectivity index (χ3n) is 2.11. The van der Waals surface area contributed by atoms with E-state index in [9.17, 15) is 0 Å². The van der Waals surface area contributed by atoms with Crippen molar-refractivity contribution in [3.63, 3.8) is 0 Å². The van der Waals surface area contributed by atoms with Crippen molar-refractivity contribution in [3.8, 4) is 11.1 Å². The maximum atomic E-state index is 6.12. The van der Waals surface area contributed by atoms with Gasteiger partial charge in [-0.05, 0) is 23.8 Å². The summed E-state index contributed by atoms with van der Waals surface area (Å²) in [5, 5.41) is 1.18. The highest BCUT2D eigenvalue weighted by molar-refractivity contribution is 9.10. The second-order valence-electron chi connectivity index (χ2n) is 3.11. The molecular weight excluding hydrogens is 295 g/mol. The van der Waals surface area contributed by atoms with Crippen LogP contribution in [0.4, 0.5) is 0 Å². The Labute approximate surface area is 107 Å². The van der Waals surface area contributed by atoms with Crippen molar-refractivity contribution in [1.29, 1.82) is 0 Å². The van der Waals surface area contributed by atoms with Crippen LogP contribution in [0.25, 0.3) is 11.1 Å². The van der Waals surface area contributed by atoms with E-state index in [0.717, 1.165) is 15.6 Å². The van der Waals surface area contributed by atoms with Crippen LogP contribution in [-0.4, -0.2) is 0 Å². The van der Waals surface area contributed by atoms with E-state index in [1.54, 1.807) is 6.07 Å². The molecule has 0 aromatic heterocycles. The molecule has 0 amide bonds. The zero-order valence-electron chi connectivity index (χ0n) is 7.68. The van der Waals surface area contributed by atoms with Gasteiger partial charge in [0.1, 0.15) is 0 Å². The molecule has 0 atom stereocenters. The van der Waals surface area contributed by atoms with E-state index in [4.69, 9.17) is 23.2 Å². The van der Waals surface area contributed by atoms with Gasteiger partial charge in [-0.15, -0.1) is 0 Å². The first-order valence-corrected chi connectivity index (χ1v) is 5.93. The Hall–Kier alpha value is -0.500. The van der Waals surface area contributed by atoms with Crippen molar-refractivity contribution < 1.29 is 0 Å². The van der Waals surface area contributed by atoms with E-state index in [0.29, 0.717) is 10.0 Å². The van der Waals surface area contributed by atoms with Crippen LogP contribution in [0, 0.1) is 0 Å². The second kappa shape index (κ2) is 4.56. The molecule has 0 spiro atoms. The van der Waals surface area contributed by atoms with Crippen LogP contribution in [0.15, 0.2) is 46.9 Å². The molecule has 0 unspecified atom stereocenters. The van der Waals surface area contributed by atoms with Gasteiger partial charge in [0.2, 0.25) is 0 Å². The van der Waals surface area contributed by atoms with Gasteiger partial charge in [0.25, 0.3) is 0 Å². The van der Waals surface area contributed by atoms with Gasteiger partial charge in [-0.25, -0.2) is 0 Å². The highest BCUT2D eigenvalue weighted by Crippen LogP contribution is 2.33. The lowest BCUT2D eigenvalue weighted by atomic mass is 10.1. The molecule has 0 bridgehead atoms. The van der Waals surface area contributed by atoms with Crippen molar-refractivity contribution in [2.24, 2.45) is 0 Å². The summed E-state index contributed by atoms with van der Waals surface area (Å²) in [6.45, 7) is 0. The van der Waals surface area contributed by atoms with Crippen molar-refractivity contribution in [2.75, 3.05) is 0 Å². The predicted molar refractivity (Wildman–Crippen MR) is 69.6 cm³/mol. The zero-order chi connectivity index (χ0) is 10.8. The quantitative estimate of drug-likeness (QED) is 0.659. The van der Waals surface area contributed by atoms with Gasteiger partial charge >= 0.3 is 0 Å². The largest absolute Gasteiger partial charge is 0.0827 e. The molecule has 0 N–H and O–H groups in total. The summed E-state index contributed by atoms with van der Waals surface area (Å²) in [6.07, 6.45) is 0. The SMILES string of the molecule is Clc1cccc(-c2ccc(Br)cc2)c1Cl. The third-order valence-corrected chi connectivity index (χ3v) is 3.45. The van der Waals surface area contributed by atoms with E-state index in [2.05, 4.69) is 15.9 Å². The molecule has 0 saturated carbocycles. The van der Waals surface area contributed by atoms with Gasteiger partial charge < -0.3 is 0 Å². The van der Waals surface area contributed by atoms with Crippen molar-refractivity contribution in [2.45, 2.75) is 0 Å². The molecule has 76 valence electrons. The topological polar surface area (TPSA) is 0 Å². The van der Waals surface area contributed by atoms with Crippen LogP contribution in [0.3, 0.4) is 0 Å². The molecule has 0 nitrogen and oxygen atoms in total. The molecule has 0 aliphatic rings. The van der Waals surface area contributed by atoms with Crippen LogP contribution in [-0.2, 0) is 0 Å². The summed E-state index contributed by atoms with van der Waals surface area (Å²) in [7, 11) is 0. The van der Waals surface area contributed by atoms with E-state index in [1.807, 2.05) is 36.4 Å². The third kappa shape index (κ3) is 2.36. The van der Waals surface area contributed by atoms with Gasteiger partial charge in [0.15, 0.2) is 0 Å². The van der Waals surface area contributed by atoms with E-state index in [1.165, 1.54) is 0 Å². The van der Waals surface area contributed by atoms with Crippen LogP contribution >= 0.6 is 39.1 Å². The Balaban J connectivity index is 2.54. The highest BCUT2D eigenvalue weighted by atomic mass is 79.9. The smallest absolute Gasteiger partial charge is 0.0670 e. The number of hydrogen-bond donors (Lipinski definition) is 0. The molecule has 2 aromatic rings. The molecule has 2 aromatic carbocycles. The number of benzene rings is 2. The van der Waals surface area contributed by atoms with E-state index in [-0.39, 0.29) is 0 Å². The van der Waals surface area contributed by atoms with E-state index < -0.39 is 0 Å². The summed E-state index contributed by atoms with van der Waals surface area (Å²) in [6, 6.07) is 13.6. The molecule has 0 heterocycles. The second-order valence-corrected chi connectivity index (χ2v) is 4.81. The molecule has 0 aliphatic carbocycles. The molecule has 3 heteroatoms. The minimum atomic E-state index is 0.581. The Bertz CT molecular complexity index is 477. The fraction of sp³-hybridized carbons (Fsp3) is 0. The molecule has 0 fully saturated rings. The fourth-order valence-corrected chi connectivity index (χ4v) is 2.03. The molecule has 0 aliphatic heterocycles. The zero-order valence-corrected chi connectivity index (χ0v) is 10.8. The van der Waals surface area contributed by atoms with Gasteiger partial charge in [0, 0.05) is 10.0 Å². The van der Waals surface area contributed by atoms with Crippen molar-refractivity contribution >= 4 is 39.1 Å². The fourth-order valence-electron chi connectivity index (χ4n) is 1.36. The number of hydrogen-bond acceptors (Lipinski definition) is 0. The molecule has 0 saturated heterocycles.